The first kappa shape index (κ1) is 15.1. The van der Waals surface area contributed by atoms with Gasteiger partial charge < -0.3 is 4.90 Å². The highest BCUT2D eigenvalue weighted by Crippen LogP contribution is 2.31. The molecule has 1 aliphatic carbocycles. The Morgan fingerprint density at radius 3 is 2.62 bits per heavy atom. The Balaban J connectivity index is 1.57. The summed E-state index contributed by atoms with van der Waals surface area (Å²) in [5.41, 5.74) is 1.17. The molecule has 114 valence electrons. The molecule has 1 aliphatic heterocycles. The van der Waals surface area contributed by atoms with Crippen LogP contribution >= 0.6 is 23.2 Å². The molecule has 3 rings (SSSR count). The summed E-state index contributed by atoms with van der Waals surface area (Å²) in [6.45, 7) is 4.56. The standard InChI is InChI=1S/C16H20Cl2N2O/c17-14-5-2-12(10-15(14)18)11-19-6-1-7-20(9-8-19)16(21)13-3-4-13/h2,5,10,13H,1,3-4,6-9,11H2. The Hall–Kier alpha value is -0.770. The van der Waals surface area contributed by atoms with Gasteiger partial charge in [-0.15, -0.1) is 0 Å². The zero-order valence-electron chi connectivity index (χ0n) is 12.0. The lowest BCUT2D eigenvalue weighted by Crippen LogP contribution is -2.35. The molecule has 0 N–H and O–H groups in total. The molecular formula is C16H20Cl2N2O. The summed E-state index contributed by atoms with van der Waals surface area (Å²) in [4.78, 5) is 16.6. The smallest absolute Gasteiger partial charge is 0.225 e. The molecule has 1 heterocycles. The number of carbonyl (C=O) groups is 1. The first-order chi connectivity index (χ1) is 10.1. The number of rotatable bonds is 3. The average Bonchev–Trinajstić information content (AvgIpc) is 3.29. The van der Waals surface area contributed by atoms with Gasteiger partial charge in [0.1, 0.15) is 0 Å². The fourth-order valence-electron chi connectivity index (χ4n) is 2.83. The highest BCUT2D eigenvalue weighted by Gasteiger charge is 2.33. The second-order valence-corrected chi connectivity index (χ2v) is 6.79. The summed E-state index contributed by atoms with van der Waals surface area (Å²) < 4.78 is 0. The third-order valence-electron chi connectivity index (χ3n) is 4.22. The molecule has 1 aromatic rings. The lowest BCUT2D eigenvalue weighted by molar-refractivity contribution is -0.132. The van der Waals surface area contributed by atoms with E-state index < -0.39 is 0 Å². The van der Waals surface area contributed by atoms with E-state index in [1.807, 2.05) is 23.1 Å². The summed E-state index contributed by atoms with van der Waals surface area (Å²) in [5, 5.41) is 1.20. The zero-order valence-corrected chi connectivity index (χ0v) is 13.5. The number of carbonyl (C=O) groups excluding carboxylic acids is 1. The fraction of sp³-hybridized carbons (Fsp3) is 0.562. The maximum absolute atomic E-state index is 12.1. The Labute approximate surface area is 135 Å². The van der Waals surface area contributed by atoms with Crippen molar-refractivity contribution in [2.24, 2.45) is 5.92 Å². The number of hydrogen-bond donors (Lipinski definition) is 0. The number of amides is 1. The van der Waals surface area contributed by atoms with E-state index in [1.165, 1.54) is 5.56 Å². The van der Waals surface area contributed by atoms with Gasteiger partial charge in [-0.3, -0.25) is 9.69 Å². The third kappa shape index (κ3) is 3.91. The Morgan fingerprint density at radius 2 is 1.90 bits per heavy atom. The van der Waals surface area contributed by atoms with Crippen molar-refractivity contribution in [1.29, 1.82) is 0 Å². The van der Waals surface area contributed by atoms with E-state index in [1.54, 1.807) is 0 Å². The van der Waals surface area contributed by atoms with Crippen molar-refractivity contribution in [2.75, 3.05) is 26.2 Å². The highest BCUT2D eigenvalue weighted by molar-refractivity contribution is 6.42. The van der Waals surface area contributed by atoms with Gasteiger partial charge in [-0.2, -0.15) is 0 Å². The molecule has 2 fully saturated rings. The van der Waals surface area contributed by atoms with Crippen LogP contribution in [0.2, 0.25) is 10.0 Å². The Kier molecular flexibility index (Phi) is 4.72. The van der Waals surface area contributed by atoms with E-state index in [0.717, 1.165) is 52.0 Å². The van der Waals surface area contributed by atoms with Crippen molar-refractivity contribution in [3.05, 3.63) is 33.8 Å². The third-order valence-corrected chi connectivity index (χ3v) is 4.96. The van der Waals surface area contributed by atoms with Gasteiger partial charge in [0.05, 0.1) is 10.0 Å². The maximum Gasteiger partial charge on any atom is 0.225 e. The lowest BCUT2D eigenvalue weighted by atomic mass is 10.2. The summed E-state index contributed by atoms with van der Waals surface area (Å²) in [5.74, 6) is 0.693. The molecule has 0 atom stereocenters. The molecule has 1 saturated heterocycles. The van der Waals surface area contributed by atoms with Gasteiger partial charge in [0.2, 0.25) is 5.91 Å². The van der Waals surface area contributed by atoms with Crippen LogP contribution in [0.4, 0.5) is 0 Å². The molecule has 5 heteroatoms. The Bertz CT molecular complexity index is 531. The lowest BCUT2D eigenvalue weighted by Gasteiger charge is -2.22. The Morgan fingerprint density at radius 1 is 1.10 bits per heavy atom. The van der Waals surface area contributed by atoms with Gasteiger partial charge in [0.25, 0.3) is 0 Å². The fourth-order valence-corrected chi connectivity index (χ4v) is 3.15. The van der Waals surface area contributed by atoms with Crippen molar-refractivity contribution in [1.82, 2.24) is 9.80 Å². The van der Waals surface area contributed by atoms with Crippen LogP contribution in [0, 0.1) is 5.92 Å². The quantitative estimate of drug-likeness (QED) is 0.849. The van der Waals surface area contributed by atoms with Crippen molar-refractivity contribution in [2.45, 2.75) is 25.8 Å². The average molecular weight is 327 g/mol. The molecule has 0 radical (unpaired) electrons. The van der Waals surface area contributed by atoms with Gasteiger partial charge >= 0.3 is 0 Å². The molecule has 21 heavy (non-hydrogen) atoms. The molecule has 1 amide bonds. The van der Waals surface area contributed by atoms with Crippen LogP contribution in [-0.2, 0) is 11.3 Å². The minimum Gasteiger partial charge on any atom is -0.341 e. The monoisotopic (exact) mass is 326 g/mol. The van der Waals surface area contributed by atoms with Gasteiger partial charge in [0, 0.05) is 38.6 Å². The van der Waals surface area contributed by atoms with Gasteiger partial charge in [-0.05, 0) is 37.0 Å². The predicted molar refractivity (Wildman–Crippen MR) is 85.7 cm³/mol. The van der Waals surface area contributed by atoms with Crippen LogP contribution in [0.3, 0.4) is 0 Å². The molecule has 2 aliphatic rings. The number of hydrogen-bond acceptors (Lipinski definition) is 2. The van der Waals surface area contributed by atoms with Gasteiger partial charge in [-0.25, -0.2) is 0 Å². The first-order valence-corrected chi connectivity index (χ1v) is 8.34. The van der Waals surface area contributed by atoms with Crippen LogP contribution in [-0.4, -0.2) is 41.9 Å². The van der Waals surface area contributed by atoms with Crippen LogP contribution in [0.25, 0.3) is 0 Å². The van der Waals surface area contributed by atoms with E-state index in [-0.39, 0.29) is 0 Å². The first-order valence-electron chi connectivity index (χ1n) is 7.58. The number of benzene rings is 1. The zero-order chi connectivity index (χ0) is 14.8. The molecule has 1 aromatic carbocycles. The van der Waals surface area contributed by atoms with Crippen LogP contribution in [0.5, 0.6) is 0 Å². The van der Waals surface area contributed by atoms with Crippen LogP contribution in [0.15, 0.2) is 18.2 Å². The summed E-state index contributed by atoms with van der Waals surface area (Å²) >= 11 is 12.0. The molecule has 1 saturated carbocycles. The SMILES string of the molecule is O=C(C1CC1)N1CCCN(Cc2ccc(Cl)c(Cl)c2)CC1. The van der Waals surface area contributed by atoms with Crippen molar-refractivity contribution >= 4 is 29.1 Å². The van der Waals surface area contributed by atoms with Crippen LogP contribution < -0.4 is 0 Å². The normalized spacial score (nSPS) is 20.4. The molecule has 0 unspecified atom stereocenters. The molecular weight excluding hydrogens is 307 g/mol. The second-order valence-electron chi connectivity index (χ2n) is 5.98. The van der Waals surface area contributed by atoms with E-state index in [4.69, 9.17) is 23.2 Å². The second kappa shape index (κ2) is 6.55. The van der Waals surface area contributed by atoms with E-state index >= 15 is 0 Å². The summed E-state index contributed by atoms with van der Waals surface area (Å²) in [6, 6.07) is 5.80. The van der Waals surface area contributed by atoms with Crippen molar-refractivity contribution in [3.8, 4) is 0 Å². The van der Waals surface area contributed by atoms with Crippen molar-refractivity contribution < 1.29 is 4.79 Å². The topological polar surface area (TPSA) is 23.6 Å². The predicted octanol–water partition coefficient (Wildman–Crippen LogP) is 3.44. The van der Waals surface area contributed by atoms with E-state index in [9.17, 15) is 4.79 Å². The minimum atomic E-state index is 0.326. The highest BCUT2D eigenvalue weighted by atomic mass is 35.5. The minimum absolute atomic E-state index is 0.326. The molecule has 3 nitrogen and oxygen atoms in total. The summed E-state index contributed by atoms with van der Waals surface area (Å²) in [6.07, 6.45) is 3.21. The van der Waals surface area contributed by atoms with Gasteiger partial charge in [-0.1, -0.05) is 29.3 Å². The van der Waals surface area contributed by atoms with E-state index in [2.05, 4.69) is 4.90 Å². The van der Waals surface area contributed by atoms with Crippen molar-refractivity contribution in [3.63, 3.8) is 0 Å². The largest absolute Gasteiger partial charge is 0.341 e. The maximum atomic E-state index is 12.1. The summed E-state index contributed by atoms with van der Waals surface area (Å²) in [7, 11) is 0. The van der Waals surface area contributed by atoms with Crippen LogP contribution in [0.1, 0.15) is 24.8 Å². The van der Waals surface area contributed by atoms with E-state index in [0.29, 0.717) is 21.9 Å². The number of nitrogens with zero attached hydrogens (tertiary/aromatic N) is 2. The number of halogens is 2. The molecule has 0 bridgehead atoms. The van der Waals surface area contributed by atoms with Gasteiger partial charge in [0.15, 0.2) is 0 Å². The molecule has 0 spiro atoms. The molecule has 0 aromatic heterocycles.